The van der Waals surface area contributed by atoms with Crippen LogP contribution in [-0.4, -0.2) is 56.3 Å². The highest BCUT2D eigenvalue weighted by Gasteiger charge is 2.33. The lowest BCUT2D eigenvalue weighted by Gasteiger charge is -2.31. The zero-order chi connectivity index (χ0) is 21.5. The van der Waals surface area contributed by atoms with Crippen molar-refractivity contribution >= 4 is 38.2 Å². The Morgan fingerprint density at radius 3 is 2.90 bits per heavy atom. The van der Waals surface area contributed by atoms with Crippen molar-refractivity contribution in [3.63, 3.8) is 0 Å². The molecule has 0 radical (unpaired) electrons. The van der Waals surface area contributed by atoms with E-state index in [1.54, 1.807) is 0 Å². The minimum atomic E-state index is -3.85. The number of hydrogen-bond acceptors (Lipinski definition) is 8. The molecule has 0 spiro atoms. The number of nitrogens with zero attached hydrogens (tertiary/aromatic N) is 6. The normalized spacial score (nSPS) is 18.2. The zero-order valence-electron chi connectivity index (χ0n) is 15.7. The first-order valence-corrected chi connectivity index (χ1v) is 11.2. The van der Waals surface area contributed by atoms with E-state index in [0.29, 0.717) is 25.1 Å². The van der Waals surface area contributed by atoms with Crippen LogP contribution in [0.3, 0.4) is 0 Å². The summed E-state index contributed by atoms with van der Waals surface area (Å²) in [6.07, 6.45) is 0.719. The highest BCUT2D eigenvalue weighted by Crippen LogP contribution is 2.33. The number of piperidine rings is 1. The Kier molecular flexibility index (Phi) is 5.46. The average Bonchev–Trinajstić information content (AvgIpc) is 3.36. The van der Waals surface area contributed by atoms with Gasteiger partial charge in [0, 0.05) is 25.9 Å². The van der Waals surface area contributed by atoms with Gasteiger partial charge in [-0.3, -0.25) is 4.79 Å². The van der Waals surface area contributed by atoms with E-state index in [9.17, 15) is 22.0 Å². The number of nitrogens with one attached hydrogen (secondary N) is 1. The summed E-state index contributed by atoms with van der Waals surface area (Å²) in [5, 5.41) is 6.41. The molecule has 1 atom stereocenters. The molecular formula is C16H17F2N7O3S2. The van der Waals surface area contributed by atoms with Crippen molar-refractivity contribution in [2.45, 2.75) is 36.3 Å². The Bertz CT molecular complexity index is 1190. The maximum absolute atomic E-state index is 13.4. The summed E-state index contributed by atoms with van der Waals surface area (Å²) in [6.45, 7) is 1.69. The number of hydrogen-bond donors (Lipinski definition) is 1. The van der Waals surface area contributed by atoms with Crippen molar-refractivity contribution in [3.05, 3.63) is 30.0 Å². The van der Waals surface area contributed by atoms with Crippen molar-refractivity contribution in [1.29, 1.82) is 0 Å². The molecule has 0 aliphatic carbocycles. The molecule has 0 aromatic carbocycles. The summed E-state index contributed by atoms with van der Waals surface area (Å²) in [7, 11) is -3.85. The summed E-state index contributed by atoms with van der Waals surface area (Å²) in [5.74, 6) is -0.670. The zero-order valence-corrected chi connectivity index (χ0v) is 17.3. The number of alkyl halides is 2. The summed E-state index contributed by atoms with van der Waals surface area (Å²) < 4.78 is 55.2. The molecule has 0 unspecified atom stereocenters. The van der Waals surface area contributed by atoms with Gasteiger partial charge in [0.1, 0.15) is 12.0 Å². The maximum Gasteiger partial charge on any atom is 0.280 e. The number of carbonyl (C=O) groups is 1. The van der Waals surface area contributed by atoms with E-state index in [1.807, 2.05) is 0 Å². The van der Waals surface area contributed by atoms with E-state index in [0.717, 1.165) is 22.2 Å². The van der Waals surface area contributed by atoms with Gasteiger partial charge in [-0.15, -0.1) is 0 Å². The van der Waals surface area contributed by atoms with Gasteiger partial charge in [-0.25, -0.2) is 27.2 Å². The molecule has 14 heteroatoms. The number of carbonyl (C=O) groups excluding carboxylic acids is 1. The van der Waals surface area contributed by atoms with E-state index < -0.39 is 16.4 Å². The molecule has 1 saturated heterocycles. The second-order valence-corrected chi connectivity index (χ2v) is 9.94. The monoisotopic (exact) mass is 457 g/mol. The first-order valence-electron chi connectivity index (χ1n) is 8.98. The average molecular weight is 457 g/mol. The van der Waals surface area contributed by atoms with Crippen LogP contribution in [0.2, 0.25) is 0 Å². The molecule has 0 saturated carbocycles. The predicted molar refractivity (Wildman–Crippen MR) is 103 cm³/mol. The van der Waals surface area contributed by atoms with Crippen LogP contribution >= 0.6 is 11.3 Å². The van der Waals surface area contributed by atoms with Gasteiger partial charge >= 0.3 is 0 Å². The molecule has 3 aromatic rings. The lowest BCUT2D eigenvalue weighted by molar-refractivity contribution is -0.114. The quantitative estimate of drug-likeness (QED) is 0.622. The number of aromatic nitrogens is 5. The molecule has 1 fully saturated rings. The number of fused-ring (bicyclic) bond motifs is 1. The third-order valence-corrected chi connectivity index (χ3v) is 7.90. The fourth-order valence-electron chi connectivity index (χ4n) is 3.34. The Hall–Kier alpha value is -2.58. The fraction of sp³-hybridized carbons (Fsp3) is 0.438. The number of anilines is 1. The van der Waals surface area contributed by atoms with E-state index in [2.05, 4.69) is 25.4 Å². The molecular weight excluding hydrogens is 440 g/mol. The summed E-state index contributed by atoms with van der Waals surface area (Å²) in [6, 6.07) is 1.26. The molecule has 4 heterocycles. The second kappa shape index (κ2) is 7.92. The van der Waals surface area contributed by atoms with Crippen LogP contribution in [0.4, 0.5) is 13.9 Å². The van der Waals surface area contributed by atoms with E-state index in [-0.39, 0.29) is 39.2 Å². The lowest BCUT2D eigenvalue weighted by Crippen LogP contribution is -2.39. The smallest absolute Gasteiger partial charge is 0.280 e. The van der Waals surface area contributed by atoms with Crippen LogP contribution in [-0.2, 0) is 14.8 Å². The van der Waals surface area contributed by atoms with Crippen LogP contribution in [0, 0.1) is 0 Å². The largest absolute Gasteiger partial charge is 0.302 e. The van der Waals surface area contributed by atoms with Crippen LogP contribution in [0.25, 0.3) is 5.78 Å². The standard InChI is InChI=1S/C16H17F2N7O3S2/c1-9(26)22-16-19-6-13(29-16)30(27,28)24-4-2-3-10(7-24)11-5-12(14(17)18)25-15(23-11)20-8-21-25/h5-6,8,10,14H,2-4,7H2,1H3,(H,19,22,26)/t10-/m1/s1. The van der Waals surface area contributed by atoms with Gasteiger partial charge in [0.15, 0.2) is 9.34 Å². The van der Waals surface area contributed by atoms with Crippen molar-refractivity contribution < 1.29 is 22.0 Å². The number of sulfonamides is 1. The third-order valence-electron chi connectivity index (χ3n) is 4.69. The second-order valence-electron chi connectivity index (χ2n) is 6.75. The first-order chi connectivity index (χ1) is 14.3. The maximum atomic E-state index is 13.4. The minimum absolute atomic E-state index is 0.000961. The van der Waals surface area contributed by atoms with Crippen molar-refractivity contribution in [2.24, 2.45) is 0 Å². The molecule has 1 aliphatic rings. The third kappa shape index (κ3) is 3.89. The Labute approximate surface area is 174 Å². The number of rotatable bonds is 5. The van der Waals surface area contributed by atoms with Gasteiger partial charge < -0.3 is 5.32 Å². The van der Waals surface area contributed by atoms with Crippen LogP contribution in [0.15, 0.2) is 22.8 Å². The van der Waals surface area contributed by atoms with Crippen LogP contribution < -0.4 is 5.32 Å². The SMILES string of the molecule is CC(=O)Nc1ncc(S(=O)(=O)N2CCC[C@@H](c3cc(C(F)F)n4ncnc4n3)C2)s1. The van der Waals surface area contributed by atoms with Gasteiger partial charge in [-0.2, -0.15) is 18.9 Å². The Morgan fingerprint density at radius 2 is 2.17 bits per heavy atom. The highest BCUT2D eigenvalue weighted by molar-refractivity contribution is 7.91. The van der Waals surface area contributed by atoms with Crippen molar-refractivity contribution in [1.82, 2.24) is 28.9 Å². The Balaban J connectivity index is 1.61. The number of thiazole rings is 1. The van der Waals surface area contributed by atoms with Gasteiger partial charge in [0.05, 0.1) is 11.9 Å². The van der Waals surface area contributed by atoms with Crippen molar-refractivity contribution in [2.75, 3.05) is 18.4 Å². The van der Waals surface area contributed by atoms with Gasteiger partial charge in [0.25, 0.3) is 22.2 Å². The molecule has 1 N–H and O–H groups in total. The number of amides is 1. The molecule has 3 aromatic heterocycles. The van der Waals surface area contributed by atoms with E-state index >= 15 is 0 Å². The van der Waals surface area contributed by atoms with E-state index in [1.165, 1.54) is 23.5 Å². The van der Waals surface area contributed by atoms with Crippen LogP contribution in [0.1, 0.15) is 43.5 Å². The van der Waals surface area contributed by atoms with Crippen LogP contribution in [0.5, 0.6) is 0 Å². The first kappa shape index (κ1) is 20.7. The summed E-state index contributed by atoms with van der Waals surface area (Å²) in [5.41, 5.74) is 0.0174. The Morgan fingerprint density at radius 1 is 1.37 bits per heavy atom. The molecule has 1 amide bonds. The molecule has 0 bridgehead atoms. The topological polar surface area (TPSA) is 122 Å². The molecule has 10 nitrogen and oxygen atoms in total. The van der Waals surface area contributed by atoms with E-state index in [4.69, 9.17) is 0 Å². The predicted octanol–water partition coefficient (Wildman–Crippen LogP) is 2.05. The van der Waals surface area contributed by atoms with Gasteiger partial charge in [0.2, 0.25) is 5.91 Å². The summed E-state index contributed by atoms with van der Waals surface area (Å²) >= 11 is 0.859. The minimum Gasteiger partial charge on any atom is -0.302 e. The fourth-order valence-corrected chi connectivity index (χ4v) is 6.09. The molecule has 1 aliphatic heterocycles. The molecule has 160 valence electrons. The molecule has 30 heavy (non-hydrogen) atoms. The lowest BCUT2D eigenvalue weighted by atomic mass is 9.95. The number of halogens is 2. The summed E-state index contributed by atoms with van der Waals surface area (Å²) in [4.78, 5) is 23.3. The van der Waals surface area contributed by atoms with Crippen molar-refractivity contribution in [3.8, 4) is 0 Å². The van der Waals surface area contributed by atoms with Gasteiger partial charge in [-0.1, -0.05) is 11.3 Å². The van der Waals surface area contributed by atoms with Gasteiger partial charge in [-0.05, 0) is 18.9 Å². The molecule has 4 rings (SSSR count). The highest BCUT2D eigenvalue weighted by atomic mass is 32.2.